The first-order valence-corrected chi connectivity index (χ1v) is 10.6. The number of likely N-dealkylation sites (tertiary alicyclic amines) is 1. The second-order valence-corrected chi connectivity index (χ2v) is 8.20. The Hall–Kier alpha value is -3.15. The van der Waals surface area contributed by atoms with Gasteiger partial charge in [0.2, 0.25) is 0 Å². The van der Waals surface area contributed by atoms with Crippen molar-refractivity contribution >= 4 is 22.5 Å². The molecule has 2 aliphatic heterocycles. The third kappa shape index (κ3) is 3.36. The molecule has 2 aliphatic rings. The van der Waals surface area contributed by atoms with Crippen molar-refractivity contribution in [2.24, 2.45) is 0 Å². The minimum atomic E-state index is 0.0931. The lowest BCUT2D eigenvalue weighted by Gasteiger charge is -2.34. The Balaban J connectivity index is 1.33. The fourth-order valence-corrected chi connectivity index (χ4v) is 4.48. The lowest BCUT2D eigenvalue weighted by atomic mass is 10.0. The molecule has 0 radical (unpaired) electrons. The molecule has 30 heavy (non-hydrogen) atoms. The van der Waals surface area contributed by atoms with Crippen molar-refractivity contribution in [1.29, 1.82) is 0 Å². The third-order valence-electron chi connectivity index (χ3n) is 6.20. The van der Waals surface area contributed by atoms with Gasteiger partial charge in [0.25, 0.3) is 5.91 Å². The van der Waals surface area contributed by atoms with Gasteiger partial charge in [0.1, 0.15) is 13.2 Å². The number of piperidine rings is 1. The molecule has 6 nitrogen and oxygen atoms in total. The molecule has 0 unspecified atom stereocenters. The first-order chi connectivity index (χ1) is 14.6. The zero-order chi connectivity index (χ0) is 20.7. The Kier molecular flexibility index (Phi) is 4.77. The van der Waals surface area contributed by atoms with Crippen LogP contribution >= 0.6 is 0 Å². The normalized spacial score (nSPS) is 18.5. The maximum absolute atomic E-state index is 13.4. The topological polar surface area (TPSA) is 66.6 Å². The number of anilines is 1. The highest BCUT2D eigenvalue weighted by Crippen LogP contribution is 2.33. The molecule has 1 amide bonds. The first kappa shape index (κ1) is 18.9. The minimum absolute atomic E-state index is 0.0931. The second kappa shape index (κ2) is 7.59. The summed E-state index contributed by atoms with van der Waals surface area (Å²) in [6.07, 6.45) is 2.01. The smallest absolute Gasteiger partial charge is 0.256 e. The fraction of sp³-hybridized carbons (Fsp3) is 0.375. The van der Waals surface area contributed by atoms with Crippen molar-refractivity contribution in [2.45, 2.75) is 32.7 Å². The number of fused-ring (bicyclic) bond motifs is 2. The number of nitrogens with one attached hydrogen (secondary N) is 2. The van der Waals surface area contributed by atoms with E-state index in [1.807, 2.05) is 35.2 Å². The predicted molar refractivity (Wildman–Crippen MR) is 118 cm³/mol. The van der Waals surface area contributed by atoms with Crippen molar-refractivity contribution in [3.8, 4) is 11.5 Å². The number of amides is 1. The molecule has 0 spiro atoms. The number of rotatable bonds is 3. The van der Waals surface area contributed by atoms with Crippen molar-refractivity contribution in [3.05, 3.63) is 53.2 Å². The van der Waals surface area contributed by atoms with Crippen LogP contribution in [0.5, 0.6) is 11.5 Å². The number of ether oxygens (including phenoxy) is 2. The van der Waals surface area contributed by atoms with Gasteiger partial charge in [-0.1, -0.05) is 12.1 Å². The van der Waals surface area contributed by atoms with Gasteiger partial charge in [-0.2, -0.15) is 0 Å². The number of para-hydroxylation sites is 1. The van der Waals surface area contributed by atoms with Gasteiger partial charge in [-0.25, -0.2) is 0 Å². The van der Waals surface area contributed by atoms with E-state index in [1.54, 1.807) is 0 Å². The fourth-order valence-electron chi connectivity index (χ4n) is 4.48. The van der Waals surface area contributed by atoms with Crippen LogP contribution in [0.2, 0.25) is 0 Å². The van der Waals surface area contributed by atoms with Crippen LogP contribution in [0, 0.1) is 13.8 Å². The number of hydrogen-bond acceptors (Lipinski definition) is 4. The lowest BCUT2D eigenvalue weighted by molar-refractivity contribution is 0.0716. The number of carbonyl (C=O) groups excluding carboxylic acids is 1. The summed E-state index contributed by atoms with van der Waals surface area (Å²) in [7, 11) is 0. The van der Waals surface area contributed by atoms with Gasteiger partial charge in [0.05, 0.1) is 11.1 Å². The van der Waals surface area contributed by atoms with Crippen LogP contribution in [0.3, 0.4) is 0 Å². The van der Waals surface area contributed by atoms with Crippen LogP contribution in [0.1, 0.15) is 34.5 Å². The second-order valence-electron chi connectivity index (χ2n) is 8.20. The first-order valence-electron chi connectivity index (χ1n) is 10.6. The average molecular weight is 405 g/mol. The van der Waals surface area contributed by atoms with Gasteiger partial charge >= 0.3 is 0 Å². The standard InChI is InChI=1S/C24H27N3O3/c1-15-16(2)25-23-19(15)6-3-7-20(23)24(28)27-10-4-5-18(14-27)26-17-8-9-21-22(13-17)30-12-11-29-21/h3,6-9,13,18,25-26H,4-5,10-12,14H2,1-2H3/t18-/m1/s1. The monoisotopic (exact) mass is 405 g/mol. The van der Waals surface area contributed by atoms with Crippen molar-refractivity contribution < 1.29 is 14.3 Å². The van der Waals surface area contributed by atoms with Crippen molar-refractivity contribution in [1.82, 2.24) is 9.88 Å². The number of carbonyl (C=O) groups is 1. The van der Waals surface area contributed by atoms with E-state index in [1.165, 1.54) is 5.56 Å². The summed E-state index contributed by atoms with van der Waals surface area (Å²) in [5, 5.41) is 4.71. The summed E-state index contributed by atoms with van der Waals surface area (Å²) in [5.74, 6) is 1.66. The highest BCUT2D eigenvalue weighted by Gasteiger charge is 2.26. The predicted octanol–water partition coefficient (Wildman–Crippen LogP) is 4.27. The largest absolute Gasteiger partial charge is 0.486 e. The van der Waals surface area contributed by atoms with Gasteiger partial charge in [-0.05, 0) is 50.5 Å². The average Bonchev–Trinajstić information content (AvgIpc) is 3.07. The van der Waals surface area contributed by atoms with Gasteiger partial charge < -0.3 is 24.7 Å². The quantitative estimate of drug-likeness (QED) is 0.683. The zero-order valence-corrected chi connectivity index (χ0v) is 17.5. The molecule has 156 valence electrons. The molecule has 1 fully saturated rings. The number of benzene rings is 2. The van der Waals surface area contributed by atoms with E-state index in [0.29, 0.717) is 19.8 Å². The van der Waals surface area contributed by atoms with Crippen LogP contribution in [0.15, 0.2) is 36.4 Å². The van der Waals surface area contributed by atoms with E-state index < -0.39 is 0 Å². The van der Waals surface area contributed by atoms with Crippen LogP contribution in [-0.4, -0.2) is 48.1 Å². The van der Waals surface area contributed by atoms with Crippen molar-refractivity contribution in [3.63, 3.8) is 0 Å². The molecule has 2 aromatic carbocycles. The summed E-state index contributed by atoms with van der Waals surface area (Å²) in [4.78, 5) is 18.7. The number of aryl methyl sites for hydroxylation is 2. The molecule has 3 aromatic rings. The summed E-state index contributed by atoms with van der Waals surface area (Å²) in [6, 6.07) is 12.1. The Labute approximate surface area is 176 Å². The van der Waals surface area contributed by atoms with Crippen molar-refractivity contribution in [2.75, 3.05) is 31.6 Å². The Morgan fingerprint density at radius 2 is 1.97 bits per heavy atom. The molecule has 1 aromatic heterocycles. The zero-order valence-electron chi connectivity index (χ0n) is 17.5. The summed E-state index contributed by atoms with van der Waals surface area (Å²) >= 11 is 0. The van der Waals surface area contributed by atoms with Crippen LogP contribution in [0.4, 0.5) is 5.69 Å². The molecule has 1 saturated heterocycles. The number of hydrogen-bond donors (Lipinski definition) is 2. The molecule has 0 saturated carbocycles. The highest BCUT2D eigenvalue weighted by molar-refractivity contribution is 6.06. The number of aromatic nitrogens is 1. The maximum atomic E-state index is 13.4. The molecule has 5 rings (SSSR count). The van der Waals surface area contributed by atoms with E-state index in [4.69, 9.17) is 9.47 Å². The molecular formula is C24H27N3O3. The minimum Gasteiger partial charge on any atom is -0.486 e. The Morgan fingerprint density at radius 3 is 2.83 bits per heavy atom. The van der Waals surface area contributed by atoms with E-state index in [-0.39, 0.29) is 11.9 Å². The molecule has 0 bridgehead atoms. The van der Waals surface area contributed by atoms with E-state index in [0.717, 1.165) is 58.7 Å². The number of nitrogens with zero attached hydrogens (tertiary/aromatic N) is 1. The highest BCUT2D eigenvalue weighted by atomic mass is 16.6. The summed E-state index contributed by atoms with van der Waals surface area (Å²) < 4.78 is 11.3. The Morgan fingerprint density at radius 1 is 1.13 bits per heavy atom. The third-order valence-corrected chi connectivity index (χ3v) is 6.20. The van der Waals surface area contributed by atoms with Gasteiger partial charge in [0.15, 0.2) is 11.5 Å². The van der Waals surface area contributed by atoms with E-state index in [2.05, 4.69) is 30.2 Å². The number of aromatic amines is 1. The van der Waals surface area contributed by atoms with Gasteiger partial charge in [-0.15, -0.1) is 0 Å². The summed E-state index contributed by atoms with van der Waals surface area (Å²) in [5.41, 5.74) is 5.01. The van der Waals surface area contributed by atoms with E-state index in [9.17, 15) is 4.79 Å². The summed E-state index contributed by atoms with van der Waals surface area (Å²) in [6.45, 7) is 6.78. The molecule has 0 aliphatic carbocycles. The molecule has 1 atom stereocenters. The molecule has 3 heterocycles. The molecule has 2 N–H and O–H groups in total. The molecular weight excluding hydrogens is 378 g/mol. The maximum Gasteiger partial charge on any atom is 0.256 e. The van der Waals surface area contributed by atoms with Gasteiger partial charge in [0, 0.05) is 42.0 Å². The van der Waals surface area contributed by atoms with Crippen LogP contribution in [-0.2, 0) is 0 Å². The lowest BCUT2D eigenvalue weighted by Crippen LogP contribution is -2.45. The molecule has 6 heteroatoms. The SMILES string of the molecule is Cc1[nH]c2c(C(=O)N3CCC[C@@H](Nc4ccc5c(c4)OCCO5)C3)cccc2c1C. The van der Waals surface area contributed by atoms with Crippen LogP contribution in [0.25, 0.3) is 10.9 Å². The number of H-pyrrole nitrogens is 1. The Bertz CT molecular complexity index is 1100. The van der Waals surface area contributed by atoms with Crippen LogP contribution < -0.4 is 14.8 Å². The van der Waals surface area contributed by atoms with Gasteiger partial charge in [-0.3, -0.25) is 4.79 Å². The van der Waals surface area contributed by atoms with E-state index >= 15 is 0 Å².